The van der Waals surface area contributed by atoms with Crippen LogP contribution in [-0.2, 0) is 9.53 Å². The maximum Gasteiger partial charge on any atom is 0.410 e. The highest BCUT2D eigenvalue weighted by molar-refractivity contribution is 7.98. The lowest BCUT2D eigenvalue weighted by atomic mass is 9.97. The first-order chi connectivity index (χ1) is 13.2. The second-order valence-corrected chi connectivity index (χ2v) is 9.26. The van der Waals surface area contributed by atoms with E-state index >= 15 is 0 Å². The van der Waals surface area contributed by atoms with Crippen LogP contribution in [0.15, 0.2) is 29.2 Å². The van der Waals surface area contributed by atoms with Crippen LogP contribution in [0.4, 0.5) is 10.5 Å². The predicted molar refractivity (Wildman–Crippen MR) is 115 cm³/mol. The number of amides is 2. The molecule has 28 heavy (non-hydrogen) atoms. The molecule has 7 heteroatoms. The van der Waals surface area contributed by atoms with Gasteiger partial charge < -0.3 is 15.0 Å². The molecule has 1 aromatic carbocycles. The summed E-state index contributed by atoms with van der Waals surface area (Å²) in [6.45, 7) is 8.34. The molecule has 6 nitrogen and oxygen atoms in total. The van der Waals surface area contributed by atoms with Crippen molar-refractivity contribution in [2.45, 2.75) is 44.1 Å². The van der Waals surface area contributed by atoms with Crippen molar-refractivity contribution in [2.75, 3.05) is 44.8 Å². The number of carbonyl (C=O) groups excluding carboxylic acids is 2. The highest BCUT2D eigenvalue weighted by Crippen LogP contribution is 2.20. The van der Waals surface area contributed by atoms with Crippen LogP contribution in [0.1, 0.15) is 33.6 Å². The topological polar surface area (TPSA) is 61.9 Å². The minimum absolute atomic E-state index is 0.00181. The van der Waals surface area contributed by atoms with Crippen LogP contribution in [0.5, 0.6) is 0 Å². The lowest BCUT2D eigenvalue weighted by Crippen LogP contribution is -2.45. The number of nitrogens with one attached hydrogen (secondary N) is 1. The zero-order valence-corrected chi connectivity index (χ0v) is 18.5. The van der Waals surface area contributed by atoms with Gasteiger partial charge in [0.25, 0.3) is 0 Å². The molecule has 1 unspecified atom stereocenters. The van der Waals surface area contributed by atoms with Crippen LogP contribution >= 0.6 is 11.8 Å². The van der Waals surface area contributed by atoms with Crippen molar-refractivity contribution >= 4 is 29.4 Å². The fourth-order valence-electron chi connectivity index (χ4n) is 3.32. The summed E-state index contributed by atoms with van der Waals surface area (Å²) < 4.78 is 5.42. The van der Waals surface area contributed by atoms with Crippen molar-refractivity contribution in [3.63, 3.8) is 0 Å². The molecule has 0 spiro atoms. The lowest BCUT2D eigenvalue weighted by Gasteiger charge is -2.34. The predicted octanol–water partition coefficient (Wildman–Crippen LogP) is 3.93. The number of thioether (sulfide) groups is 1. The first-order valence-electron chi connectivity index (χ1n) is 9.76. The molecule has 156 valence electrons. The maximum absolute atomic E-state index is 12.4. The Morgan fingerprint density at radius 2 is 1.96 bits per heavy atom. The molecule has 0 saturated carbocycles. The lowest BCUT2D eigenvalue weighted by molar-refractivity contribution is -0.117. The van der Waals surface area contributed by atoms with Gasteiger partial charge >= 0.3 is 6.09 Å². The van der Waals surface area contributed by atoms with Gasteiger partial charge in [0.1, 0.15) is 5.60 Å². The molecule has 1 aliphatic rings. The Hall–Kier alpha value is -1.73. The summed E-state index contributed by atoms with van der Waals surface area (Å²) in [6, 6.07) is 7.87. The number of hydrogen-bond acceptors (Lipinski definition) is 5. The van der Waals surface area contributed by atoms with Crippen molar-refractivity contribution in [3.8, 4) is 0 Å². The molecule has 2 amide bonds. The van der Waals surface area contributed by atoms with Gasteiger partial charge in [-0.1, -0.05) is 0 Å². The number of hydrogen-bond donors (Lipinski definition) is 1. The molecule has 0 aromatic heterocycles. The number of benzene rings is 1. The smallest absolute Gasteiger partial charge is 0.410 e. The van der Waals surface area contributed by atoms with E-state index < -0.39 is 5.60 Å². The van der Waals surface area contributed by atoms with Crippen LogP contribution in [0, 0.1) is 5.92 Å². The van der Waals surface area contributed by atoms with Crippen molar-refractivity contribution in [3.05, 3.63) is 24.3 Å². The van der Waals surface area contributed by atoms with Crippen molar-refractivity contribution in [1.29, 1.82) is 0 Å². The van der Waals surface area contributed by atoms with Crippen molar-refractivity contribution in [1.82, 2.24) is 9.80 Å². The fourth-order valence-corrected chi connectivity index (χ4v) is 3.73. The summed E-state index contributed by atoms with van der Waals surface area (Å²) in [5.41, 5.74) is 0.330. The van der Waals surface area contributed by atoms with E-state index in [4.69, 9.17) is 4.74 Å². The molecule has 0 bridgehead atoms. The van der Waals surface area contributed by atoms with E-state index in [2.05, 4.69) is 10.2 Å². The summed E-state index contributed by atoms with van der Waals surface area (Å²) in [5.74, 6) is 0.345. The number of nitrogens with zero attached hydrogens (tertiary/aromatic N) is 2. The maximum atomic E-state index is 12.4. The SMILES string of the molecule is CSc1ccc(NC(=O)CN2CCCC(CN(C)C(=O)OC(C)(C)C)C2)cc1. The standard InChI is InChI=1S/C21H33N3O3S/c1-21(2,3)27-20(26)23(4)13-16-7-6-12-24(14-16)15-19(25)22-17-8-10-18(28-5)11-9-17/h8-11,16H,6-7,12-15H2,1-5H3,(H,22,25). The highest BCUT2D eigenvalue weighted by atomic mass is 32.2. The molecular formula is C21H33N3O3S. The van der Waals surface area contributed by atoms with Gasteiger partial charge in [-0.25, -0.2) is 4.79 Å². The minimum atomic E-state index is -0.490. The molecule has 1 aliphatic heterocycles. The van der Waals surface area contributed by atoms with Gasteiger partial charge in [0, 0.05) is 30.7 Å². The van der Waals surface area contributed by atoms with Crippen LogP contribution in [-0.4, -0.2) is 66.9 Å². The molecule has 0 radical (unpaired) electrons. The Kier molecular flexibility index (Phi) is 8.19. The Bertz CT molecular complexity index is 658. The normalized spacial score (nSPS) is 17.8. The number of anilines is 1. The van der Waals surface area contributed by atoms with Crippen molar-refractivity contribution in [2.24, 2.45) is 5.92 Å². The molecule has 1 aromatic rings. The molecule has 1 fully saturated rings. The van der Waals surface area contributed by atoms with Gasteiger partial charge in [0.15, 0.2) is 0 Å². The molecular weight excluding hydrogens is 374 g/mol. The van der Waals surface area contributed by atoms with Crippen LogP contribution in [0.2, 0.25) is 0 Å². The van der Waals surface area contributed by atoms with E-state index in [0.29, 0.717) is 19.0 Å². The summed E-state index contributed by atoms with van der Waals surface area (Å²) >= 11 is 1.68. The molecule has 2 rings (SSSR count). The van der Waals surface area contributed by atoms with Crippen molar-refractivity contribution < 1.29 is 14.3 Å². The van der Waals surface area contributed by atoms with E-state index in [1.54, 1.807) is 23.7 Å². The average molecular weight is 408 g/mol. The second-order valence-electron chi connectivity index (χ2n) is 8.38. The molecule has 1 N–H and O–H groups in total. The Morgan fingerprint density at radius 1 is 1.29 bits per heavy atom. The third kappa shape index (κ3) is 7.72. The Labute approximate surface area is 173 Å². The minimum Gasteiger partial charge on any atom is -0.444 e. The largest absolute Gasteiger partial charge is 0.444 e. The Morgan fingerprint density at radius 3 is 2.57 bits per heavy atom. The van der Waals surface area contributed by atoms with Gasteiger partial charge in [-0.05, 0) is 76.6 Å². The van der Waals surface area contributed by atoms with Gasteiger partial charge in [-0.2, -0.15) is 0 Å². The Balaban J connectivity index is 1.80. The van der Waals surface area contributed by atoms with E-state index in [1.807, 2.05) is 51.3 Å². The number of ether oxygens (including phenoxy) is 1. The summed E-state index contributed by atoms with van der Waals surface area (Å²) in [7, 11) is 1.78. The van der Waals surface area contributed by atoms with E-state index in [1.165, 1.54) is 4.90 Å². The van der Waals surface area contributed by atoms with E-state index in [-0.39, 0.29) is 12.0 Å². The zero-order chi connectivity index (χ0) is 20.7. The molecule has 0 aliphatic carbocycles. The van der Waals surface area contributed by atoms with Crippen LogP contribution in [0.3, 0.4) is 0 Å². The second kappa shape index (κ2) is 10.2. The highest BCUT2D eigenvalue weighted by Gasteiger charge is 2.26. The first-order valence-corrected chi connectivity index (χ1v) is 11.0. The molecule has 1 atom stereocenters. The van der Waals surface area contributed by atoms with Gasteiger partial charge in [0.2, 0.25) is 5.91 Å². The quantitative estimate of drug-likeness (QED) is 0.724. The summed E-state index contributed by atoms with van der Waals surface area (Å²) in [5, 5.41) is 2.97. The first kappa shape index (κ1) is 22.6. The van der Waals surface area contributed by atoms with Gasteiger partial charge in [-0.3, -0.25) is 9.69 Å². The van der Waals surface area contributed by atoms with E-state index in [0.717, 1.165) is 31.6 Å². The number of carbonyl (C=O) groups is 2. The molecule has 1 heterocycles. The number of rotatable bonds is 6. The van der Waals surface area contributed by atoms with Gasteiger partial charge in [0.05, 0.1) is 6.54 Å². The van der Waals surface area contributed by atoms with E-state index in [9.17, 15) is 9.59 Å². The fraction of sp³-hybridized carbons (Fsp3) is 0.619. The third-order valence-corrected chi connectivity index (χ3v) is 5.32. The number of piperidine rings is 1. The number of likely N-dealkylation sites (tertiary alicyclic amines) is 1. The van der Waals surface area contributed by atoms with Crippen LogP contribution in [0.25, 0.3) is 0 Å². The summed E-state index contributed by atoms with van der Waals surface area (Å²) in [4.78, 5) is 29.5. The molecule has 1 saturated heterocycles. The summed E-state index contributed by atoms with van der Waals surface area (Å²) in [6.07, 6.45) is 3.82. The monoisotopic (exact) mass is 407 g/mol. The third-order valence-electron chi connectivity index (χ3n) is 4.58. The van der Waals surface area contributed by atoms with Crippen LogP contribution < -0.4 is 5.32 Å². The van der Waals surface area contributed by atoms with Gasteiger partial charge in [-0.15, -0.1) is 11.8 Å². The zero-order valence-electron chi connectivity index (χ0n) is 17.7. The average Bonchev–Trinajstić information content (AvgIpc) is 2.61.